The Morgan fingerprint density at radius 1 is 1.00 bits per heavy atom. The van der Waals surface area contributed by atoms with Crippen molar-refractivity contribution in [3.63, 3.8) is 0 Å². The number of rotatable bonds is 4. The fourth-order valence-electron chi connectivity index (χ4n) is 4.24. The standard InChI is InChI=1S/C25H25NO6/c1-15(27)26-21-22(28)23-20(14-29-24(32-23)17-8-3-2-4-9-17)31-25(21)30-19-12-11-16-7-5-6-10-18(16)13-19/h2-13,20-25,28H,14H2,1H3,(H,26,27)/t20-,21-,22-,23+,24+,25+/m1/s1. The summed E-state index contributed by atoms with van der Waals surface area (Å²) in [5, 5.41) is 16.0. The first-order valence-corrected chi connectivity index (χ1v) is 10.7. The molecule has 6 atom stereocenters. The van der Waals surface area contributed by atoms with Crippen molar-refractivity contribution in [1.29, 1.82) is 0 Å². The maximum atomic E-state index is 11.9. The van der Waals surface area contributed by atoms with Gasteiger partial charge in [0.2, 0.25) is 12.2 Å². The van der Waals surface area contributed by atoms with E-state index in [1.807, 2.05) is 72.8 Å². The van der Waals surface area contributed by atoms with Gasteiger partial charge in [0.1, 0.15) is 30.1 Å². The van der Waals surface area contributed by atoms with Crippen LogP contribution < -0.4 is 10.1 Å². The van der Waals surface area contributed by atoms with Crippen molar-refractivity contribution in [3.05, 3.63) is 78.4 Å². The van der Waals surface area contributed by atoms with Crippen molar-refractivity contribution in [2.45, 2.75) is 43.9 Å². The summed E-state index contributed by atoms with van der Waals surface area (Å²) in [6, 6.07) is 22.3. The molecule has 0 spiro atoms. The number of carbonyl (C=O) groups is 1. The number of amides is 1. The minimum Gasteiger partial charge on any atom is -0.463 e. The minimum absolute atomic E-state index is 0.228. The summed E-state index contributed by atoms with van der Waals surface area (Å²) in [7, 11) is 0. The predicted molar refractivity (Wildman–Crippen MR) is 117 cm³/mol. The van der Waals surface area contributed by atoms with Gasteiger partial charge in [0.05, 0.1) is 6.61 Å². The third kappa shape index (κ3) is 4.20. The second-order valence-corrected chi connectivity index (χ2v) is 8.06. The maximum Gasteiger partial charge on any atom is 0.223 e. The smallest absolute Gasteiger partial charge is 0.223 e. The third-order valence-corrected chi connectivity index (χ3v) is 5.78. The first-order valence-electron chi connectivity index (χ1n) is 10.7. The molecule has 7 heteroatoms. The van der Waals surface area contributed by atoms with Gasteiger partial charge >= 0.3 is 0 Å². The van der Waals surface area contributed by atoms with Crippen LogP contribution in [0, 0.1) is 0 Å². The Hall–Kier alpha value is -2.97. The summed E-state index contributed by atoms with van der Waals surface area (Å²) >= 11 is 0. The van der Waals surface area contributed by atoms with Crippen molar-refractivity contribution in [2.75, 3.05) is 6.61 Å². The van der Waals surface area contributed by atoms with E-state index in [0.29, 0.717) is 5.75 Å². The van der Waals surface area contributed by atoms with E-state index in [1.165, 1.54) is 6.92 Å². The van der Waals surface area contributed by atoms with Crippen LogP contribution in [0.25, 0.3) is 10.8 Å². The Bertz CT molecular complexity index is 1090. The van der Waals surface area contributed by atoms with E-state index in [1.54, 1.807) is 0 Å². The van der Waals surface area contributed by atoms with E-state index in [4.69, 9.17) is 18.9 Å². The molecule has 5 rings (SSSR count). The van der Waals surface area contributed by atoms with Crippen molar-refractivity contribution >= 4 is 16.7 Å². The highest BCUT2D eigenvalue weighted by Gasteiger charge is 2.50. The number of nitrogens with one attached hydrogen (secondary N) is 1. The molecule has 7 nitrogen and oxygen atoms in total. The van der Waals surface area contributed by atoms with Gasteiger partial charge in [0.15, 0.2) is 6.29 Å². The van der Waals surface area contributed by atoms with Gasteiger partial charge in [0.25, 0.3) is 0 Å². The number of carbonyl (C=O) groups excluding carboxylic acids is 1. The van der Waals surface area contributed by atoms with E-state index >= 15 is 0 Å². The first-order chi connectivity index (χ1) is 15.6. The topological polar surface area (TPSA) is 86.3 Å². The van der Waals surface area contributed by atoms with Crippen LogP contribution in [0.1, 0.15) is 18.8 Å². The number of fused-ring (bicyclic) bond motifs is 2. The number of hydrogen-bond acceptors (Lipinski definition) is 6. The molecule has 2 saturated heterocycles. The van der Waals surface area contributed by atoms with Gasteiger partial charge in [0, 0.05) is 12.5 Å². The monoisotopic (exact) mass is 435 g/mol. The van der Waals surface area contributed by atoms with E-state index < -0.39 is 36.9 Å². The van der Waals surface area contributed by atoms with Crippen LogP contribution in [0.5, 0.6) is 5.75 Å². The van der Waals surface area contributed by atoms with Crippen molar-refractivity contribution in [1.82, 2.24) is 5.32 Å². The van der Waals surface area contributed by atoms with Crippen molar-refractivity contribution < 1.29 is 28.8 Å². The van der Waals surface area contributed by atoms with Crippen LogP contribution in [0.15, 0.2) is 72.8 Å². The van der Waals surface area contributed by atoms with Crippen LogP contribution in [0.2, 0.25) is 0 Å². The van der Waals surface area contributed by atoms with Gasteiger partial charge in [-0.1, -0.05) is 60.7 Å². The Labute approximate surface area is 185 Å². The average Bonchev–Trinajstić information content (AvgIpc) is 2.82. The van der Waals surface area contributed by atoms with Gasteiger partial charge in [-0.25, -0.2) is 0 Å². The lowest BCUT2D eigenvalue weighted by atomic mass is 9.95. The molecule has 1 amide bonds. The zero-order valence-electron chi connectivity index (χ0n) is 17.6. The number of aliphatic hydroxyl groups is 1. The minimum atomic E-state index is -1.04. The maximum absolute atomic E-state index is 11.9. The predicted octanol–water partition coefficient (Wildman–Crippen LogP) is 2.92. The molecule has 0 saturated carbocycles. The molecular formula is C25H25NO6. The third-order valence-electron chi connectivity index (χ3n) is 5.78. The molecule has 166 valence electrons. The normalized spacial score (nSPS) is 29.8. The number of ether oxygens (including phenoxy) is 4. The molecular weight excluding hydrogens is 410 g/mol. The van der Waals surface area contributed by atoms with Gasteiger partial charge in [-0.15, -0.1) is 0 Å². The number of hydrogen-bond donors (Lipinski definition) is 2. The highest BCUT2D eigenvalue weighted by atomic mass is 16.7. The molecule has 0 unspecified atom stereocenters. The van der Waals surface area contributed by atoms with Gasteiger partial charge < -0.3 is 29.4 Å². The van der Waals surface area contributed by atoms with E-state index in [-0.39, 0.29) is 12.5 Å². The van der Waals surface area contributed by atoms with Crippen LogP contribution >= 0.6 is 0 Å². The average molecular weight is 435 g/mol. The summed E-state index contributed by atoms with van der Waals surface area (Å²) in [5.41, 5.74) is 0.851. The lowest BCUT2D eigenvalue weighted by Crippen LogP contribution is -2.67. The molecule has 2 fully saturated rings. The molecule has 0 aliphatic carbocycles. The number of aliphatic hydroxyl groups excluding tert-OH is 1. The summed E-state index contributed by atoms with van der Waals surface area (Å²) in [6.07, 6.45) is -3.79. The fraction of sp³-hybridized carbons (Fsp3) is 0.320. The largest absolute Gasteiger partial charge is 0.463 e. The zero-order valence-corrected chi connectivity index (χ0v) is 17.6. The molecule has 2 aliphatic rings. The van der Waals surface area contributed by atoms with E-state index in [9.17, 15) is 9.90 Å². The second kappa shape index (κ2) is 8.88. The zero-order chi connectivity index (χ0) is 22.1. The summed E-state index contributed by atoms with van der Waals surface area (Å²) < 4.78 is 24.1. The summed E-state index contributed by atoms with van der Waals surface area (Å²) in [5.74, 6) is 0.282. The van der Waals surface area contributed by atoms with Crippen LogP contribution in [-0.2, 0) is 19.0 Å². The molecule has 2 aliphatic heterocycles. The molecule has 3 aromatic carbocycles. The van der Waals surface area contributed by atoms with Crippen molar-refractivity contribution in [2.24, 2.45) is 0 Å². The molecule has 0 bridgehead atoms. The molecule has 0 aromatic heterocycles. The van der Waals surface area contributed by atoms with E-state index in [2.05, 4.69) is 5.32 Å². The lowest BCUT2D eigenvalue weighted by molar-refractivity contribution is -0.333. The Balaban J connectivity index is 1.37. The van der Waals surface area contributed by atoms with Gasteiger partial charge in [-0.2, -0.15) is 0 Å². The Morgan fingerprint density at radius 3 is 2.53 bits per heavy atom. The highest BCUT2D eigenvalue weighted by Crippen LogP contribution is 2.35. The summed E-state index contributed by atoms with van der Waals surface area (Å²) in [6.45, 7) is 1.62. The SMILES string of the molecule is CC(=O)N[C@H]1[C@@H](Oc2ccc3ccccc3c2)O[C@@H]2CO[C@H](c3ccccc3)O[C@@H]2[C@@H]1O. The Kier molecular flexibility index (Phi) is 5.80. The molecule has 3 aromatic rings. The summed E-state index contributed by atoms with van der Waals surface area (Å²) in [4.78, 5) is 11.9. The van der Waals surface area contributed by atoms with Gasteiger partial charge in [-0.3, -0.25) is 4.79 Å². The molecule has 2 heterocycles. The van der Waals surface area contributed by atoms with Gasteiger partial charge in [-0.05, 0) is 22.9 Å². The number of benzene rings is 3. The van der Waals surface area contributed by atoms with Crippen LogP contribution in [0.4, 0.5) is 0 Å². The van der Waals surface area contributed by atoms with Crippen molar-refractivity contribution in [3.8, 4) is 5.75 Å². The molecule has 0 radical (unpaired) electrons. The lowest BCUT2D eigenvalue weighted by Gasteiger charge is -2.47. The Morgan fingerprint density at radius 2 is 1.75 bits per heavy atom. The van der Waals surface area contributed by atoms with E-state index in [0.717, 1.165) is 16.3 Å². The quantitative estimate of drug-likeness (QED) is 0.656. The fourth-order valence-corrected chi connectivity index (χ4v) is 4.24. The first kappa shape index (κ1) is 20.9. The van der Waals surface area contributed by atoms with Crippen LogP contribution in [-0.4, -0.2) is 48.3 Å². The molecule has 2 N–H and O–H groups in total. The highest BCUT2D eigenvalue weighted by molar-refractivity contribution is 5.83. The molecule has 32 heavy (non-hydrogen) atoms. The van der Waals surface area contributed by atoms with Crippen LogP contribution in [0.3, 0.4) is 0 Å². The second-order valence-electron chi connectivity index (χ2n) is 8.06.